The van der Waals surface area contributed by atoms with Gasteiger partial charge in [0.1, 0.15) is 11.5 Å². The Morgan fingerprint density at radius 2 is 2.20 bits per heavy atom. The van der Waals surface area contributed by atoms with Crippen LogP contribution in [0.15, 0.2) is 16.5 Å². The maximum Gasteiger partial charge on any atom is 0.284 e. The lowest BCUT2D eigenvalue weighted by Crippen LogP contribution is -2.42. The zero-order chi connectivity index (χ0) is 14.4. The second-order valence-electron chi connectivity index (χ2n) is 5.20. The fraction of sp³-hybridized carbons (Fsp3) is 0.714. The smallest absolute Gasteiger partial charge is 0.284 e. The van der Waals surface area contributed by atoms with E-state index in [1.807, 2.05) is 6.07 Å². The standard InChI is InChI=1S/C14H22F2N2OS/c1-18-7-3-2-4-11(18)8-17-9-12-5-6-13(19-12)10-20-14(15)16/h5-6,11,14,17H,2-4,7-10H2,1H3. The van der Waals surface area contributed by atoms with Gasteiger partial charge in [-0.2, -0.15) is 8.78 Å². The molecule has 0 amide bonds. The number of alkyl halides is 2. The minimum atomic E-state index is -2.34. The number of piperidine rings is 1. The number of nitrogens with zero attached hydrogens (tertiary/aromatic N) is 1. The van der Waals surface area contributed by atoms with Crippen molar-refractivity contribution in [1.82, 2.24) is 10.2 Å². The third-order valence-corrected chi connectivity index (χ3v) is 4.37. The average Bonchev–Trinajstić information content (AvgIpc) is 2.87. The van der Waals surface area contributed by atoms with Gasteiger partial charge in [0.25, 0.3) is 5.76 Å². The number of hydrogen-bond donors (Lipinski definition) is 1. The van der Waals surface area contributed by atoms with Gasteiger partial charge in [-0.05, 0) is 38.6 Å². The average molecular weight is 304 g/mol. The molecule has 2 rings (SSSR count). The van der Waals surface area contributed by atoms with Crippen LogP contribution in [0.3, 0.4) is 0 Å². The summed E-state index contributed by atoms with van der Waals surface area (Å²) in [5.41, 5.74) is 0. The van der Waals surface area contributed by atoms with Crippen LogP contribution >= 0.6 is 11.8 Å². The minimum absolute atomic E-state index is 0.225. The monoisotopic (exact) mass is 304 g/mol. The Hall–Kier alpha value is -0.590. The molecule has 0 aromatic carbocycles. The Morgan fingerprint density at radius 3 is 2.95 bits per heavy atom. The van der Waals surface area contributed by atoms with E-state index in [1.165, 1.54) is 25.8 Å². The molecule has 1 atom stereocenters. The van der Waals surface area contributed by atoms with E-state index in [9.17, 15) is 8.78 Å². The highest BCUT2D eigenvalue weighted by atomic mass is 32.2. The largest absolute Gasteiger partial charge is 0.464 e. The molecule has 1 aromatic rings. The van der Waals surface area contributed by atoms with E-state index in [1.54, 1.807) is 6.07 Å². The van der Waals surface area contributed by atoms with Crippen molar-refractivity contribution in [3.63, 3.8) is 0 Å². The summed E-state index contributed by atoms with van der Waals surface area (Å²) < 4.78 is 29.7. The third kappa shape index (κ3) is 5.07. The topological polar surface area (TPSA) is 28.4 Å². The lowest BCUT2D eigenvalue weighted by molar-refractivity contribution is 0.180. The van der Waals surface area contributed by atoms with Crippen molar-refractivity contribution in [1.29, 1.82) is 0 Å². The number of likely N-dealkylation sites (N-methyl/N-ethyl adjacent to an activating group) is 1. The van der Waals surface area contributed by atoms with Crippen LogP contribution in [0.5, 0.6) is 0 Å². The first-order valence-electron chi connectivity index (χ1n) is 7.03. The lowest BCUT2D eigenvalue weighted by atomic mass is 10.0. The molecular formula is C14H22F2N2OS. The number of rotatable bonds is 7. The van der Waals surface area contributed by atoms with Crippen LogP contribution < -0.4 is 5.32 Å². The third-order valence-electron chi connectivity index (χ3n) is 3.67. The molecule has 2 heterocycles. The van der Waals surface area contributed by atoms with E-state index in [2.05, 4.69) is 17.3 Å². The molecule has 6 heteroatoms. The lowest BCUT2D eigenvalue weighted by Gasteiger charge is -2.32. The SMILES string of the molecule is CN1CCCCC1CNCc1ccc(CSC(F)F)o1. The van der Waals surface area contributed by atoms with Crippen molar-refractivity contribution in [2.75, 3.05) is 20.1 Å². The first kappa shape index (κ1) is 15.8. The molecule has 0 radical (unpaired) electrons. The first-order chi connectivity index (χ1) is 9.65. The van der Waals surface area contributed by atoms with Gasteiger partial charge in [-0.3, -0.25) is 0 Å². The summed E-state index contributed by atoms with van der Waals surface area (Å²) in [6.07, 6.45) is 3.82. The normalized spacial score (nSPS) is 20.7. The summed E-state index contributed by atoms with van der Waals surface area (Å²) in [5, 5.41) is 3.39. The molecular weight excluding hydrogens is 282 g/mol. The van der Waals surface area contributed by atoms with Gasteiger partial charge in [0, 0.05) is 12.6 Å². The molecule has 1 saturated heterocycles. The van der Waals surface area contributed by atoms with Gasteiger partial charge < -0.3 is 14.6 Å². The van der Waals surface area contributed by atoms with E-state index in [0.29, 0.717) is 30.1 Å². The van der Waals surface area contributed by atoms with Gasteiger partial charge in [0.05, 0.1) is 12.3 Å². The molecule has 1 aromatic heterocycles. The molecule has 1 unspecified atom stereocenters. The molecule has 0 aliphatic carbocycles. The Kier molecular flexibility index (Phi) is 6.32. The van der Waals surface area contributed by atoms with Crippen molar-refractivity contribution in [3.05, 3.63) is 23.7 Å². The highest BCUT2D eigenvalue weighted by Gasteiger charge is 2.18. The quantitative estimate of drug-likeness (QED) is 0.836. The zero-order valence-electron chi connectivity index (χ0n) is 11.8. The number of thioether (sulfide) groups is 1. The molecule has 0 spiro atoms. The summed E-state index contributed by atoms with van der Waals surface area (Å²) >= 11 is 0.590. The molecule has 20 heavy (non-hydrogen) atoms. The van der Waals surface area contributed by atoms with Crippen LogP contribution in [-0.2, 0) is 12.3 Å². The van der Waals surface area contributed by atoms with Crippen LogP contribution in [0.4, 0.5) is 8.78 Å². The van der Waals surface area contributed by atoms with E-state index >= 15 is 0 Å². The van der Waals surface area contributed by atoms with Crippen LogP contribution in [0.2, 0.25) is 0 Å². The highest BCUT2D eigenvalue weighted by molar-refractivity contribution is 7.98. The summed E-state index contributed by atoms with van der Waals surface area (Å²) in [6, 6.07) is 4.23. The molecule has 1 N–H and O–H groups in total. The van der Waals surface area contributed by atoms with Gasteiger partial charge >= 0.3 is 0 Å². The Balaban J connectivity index is 1.68. The molecule has 1 fully saturated rings. The van der Waals surface area contributed by atoms with Crippen molar-refractivity contribution >= 4 is 11.8 Å². The van der Waals surface area contributed by atoms with Crippen LogP contribution in [-0.4, -0.2) is 36.8 Å². The van der Waals surface area contributed by atoms with Crippen LogP contribution in [0.1, 0.15) is 30.8 Å². The van der Waals surface area contributed by atoms with Gasteiger partial charge in [0.15, 0.2) is 0 Å². The molecule has 0 saturated carbocycles. The summed E-state index contributed by atoms with van der Waals surface area (Å²) in [4.78, 5) is 2.39. The maximum absolute atomic E-state index is 12.1. The number of nitrogens with one attached hydrogen (secondary N) is 1. The summed E-state index contributed by atoms with van der Waals surface area (Å²) in [6.45, 7) is 2.77. The second kappa shape index (κ2) is 8.00. The molecule has 0 bridgehead atoms. The van der Waals surface area contributed by atoms with E-state index in [-0.39, 0.29) is 5.75 Å². The predicted molar refractivity (Wildman–Crippen MR) is 78.0 cm³/mol. The van der Waals surface area contributed by atoms with Crippen molar-refractivity contribution < 1.29 is 13.2 Å². The van der Waals surface area contributed by atoms with Crippen molar-refractivity contribution in [2.45, 2.75) is 43.4 Å². The highest BCUT2D eigenvalue weighted by Crippen LogP contribution is 2.21. The maximum atomic E-state index is 12.1. The molecule has 1 aliphatic rings. The van der Waals surface area contributed by atoms with Gasteiger partial charge in [-0.25, -0.2) is 0 Å². The van der Waals surface area contributed by atoms with Crippen molar-refractivity contribution in [3.8, 4) is 0 Å². The predicted octanol–water partition coefficient (Wildman–Crippen LogP) is 3.31. The number of furan rings is 1. The van der Waals surface area contributed by atoms with E-state index in [4.69, 9.17) is 4.42 Å². The van der Waals surface area contributed by atoms with Crippen LogP contribution in [0, 0.1) is 0 Å². The van der Waals surface area contributed by atoms with E-state index < -0.39 is 5.76 Å². The fourth-order valence-corrected chi connectivity index (χ4v) is 2.95. The second-order valence-corrected chi connectivity index (χ2v) is 6.18. The van der Waals surface area contributed by atoms with E-state index in [0.717, 1.165) is 12.3 Å². The number of halogens is 2. The molecule has 1 aliphatic heterocycles. The van der Waals surface area contributed by atoms with Gasteiger partial charge in [0.2, 0.25) is 0 Å². The number of likely N-dealkylation sites (tertiary alicyclic amines) is 1. The van der Waals surface area contributed by atoms with Crippen molar-refractivity contribution in [2.24, 2.45) is 0 Å². The Bertz CT molecular complexity index is 400. The van der Waals surface area contributed by atoms with Gasteiger partial charge in [-0.1, -0.05) is 18.2 Å². The first-order valence-corrected chi connectivity index (χ1v) is 8.08. The Labute approximate surface area is 123 Å². The summed E-state index contributed by atoms with van der Waals surface area (Å²) in [5.74, 6) is -0.693. The minimum Gasteiger partial charge on any atom is -0.464 e. The fourth-order valence-electron chi connectivity index (χ4n) is 2.50. The zero-order valence-corrected chi connectivity index (χ0v) is 12.6. The number of hydrogen-bond acceptors (Lipinski definition) is 4. The molecule has 3 nitrogen and oxygen atoms in total. The van der Waals surface area contributed by atoms with Gasteiger partial charge in [-0.15, -0.1) is 0 Å². The molecule has 114 valence electrons. The summed E-state index contributed by atoms with van der Waals surface area (Å²) in [7, 11) is 2.16. The van der Waals surface area contributed by atoms with Crippen LogP contribution in [0.25, 0.3) is 0 Å². The Morgan fingerprint density at radius 1 is 1.40 bits per heavy atom.